The lowest BCUT2D eigenvalue weighted by molar-refractivity contribution is 0.0783. The van der Waals surface area contributed by atoms with Crippen LogP contribution < -0.4 is 0 Å². The van der Waals surface area contributed by atoms with Crippen LogP contribution in [-0.2, 0) is 21.9 Å². The highest BCUT2D eigenvalue weighted by Crippen LogP contribution is 2.30. The number of hydrogen-bond donors (Lipinski definition) is 1. The molecule has 1 aromatic rings. The Balaban J connectivity index is 2.61. The van der Waals surface area contributed by atoms with Crippen molar-refractivity contribution in [3.63, 3.8) is 0 Å². The van der Waals surface area contributed by atoms with Crippen LogP contribution in [0.1, 0.15) is 25.0 Å². The standard InChI is InChI=1S/C11H14O3S/c1-11(2,12)9-4-3-8-5-6-15(13,14)10(8)7-9/h3-4,7,12H,5-6H2,1-2H3. The molecule has 0 unspecified atom stereocenters. The second kappa shape index (κ2) is 3.06. The summed E-state index contributed by atoms with van der Waals surface area (Å²) in [6, 6.07) is 5.19. The lowest BCUT2D eigenvalue weighted by Gasteiger charge is -2.18. The van der Waals surface area contributed by atoms with Gasteiger partial charge in [0, 0.05) is 0 Å². The highest BCUT2D eigenvalue weighted by molar-refractivity contribution is 7.91. The molecule has 0 aliphatic carbocycles. The largest absolute Gasteiger partial charge is 0.386 e. The molecular formula is C11H14O3S. The van der Waals surface area contributed by atoms with Crippen molar-refractivity contribution < 1.29 is 13.5 Å². The second-order valence-corrected chi connectivity index (χ2v) is 6.53. The molecule has 0 saturated carbocycles. The van der Waals surface area contributed by atoms with Crippen LogP contribution in [-0.4, -0.2) is 19.3 Å². The van der Waals surface area contributed by atoms with E-state index in [1.54, 1.807) is 32.0 Å². The minimum Gasteiger partial charge on any atom is -0.386 e. The predicted octanol–water partition coefficient (Wildman–Crippen LogP) is 1.24. The summed E-state index contributed by atoms with van der Waals surface area (Å²) in [5, 5.41) is 9.80. The van der Waals surface area contributed by atoms with Crippen molar-refractivity contribution in [1.29, 1.82) is 0 Å². The minimum atomic E-state index is -3.10. The van der Waals surface area contributed by atoms with Crippen LogP contribution >= 0.6 is 0 Å². The Hall–Kier alpha value is -0.870. The molecule has 0 amide bonds. The van der Waals surface area contributed by atoms with E-state index in [0.717, 1.165) is 5.56 Å². The number of benzene rings is 1. The van der Waals surface area contributed by atoms with Crippen molar-refractivity contribution in [2.24, 2.45) is 0 Å². The minimum absolute atomic E-state index is 0.192. The average molecular weight is 226 g/mol. The number of aliphatic hydroxyl groups is 1. The van der Waals surface area contributed by atoms with E-state index in [2.05, 4.69) is 0 Å². The third-order valence-electron chi connectivity index (χ3n) is 2.75. The summed E-state index contributed by atoms with van der Waals surface area (Å²) < 4.78 is 23.3. The number of rotatable bonds is 1. The zero-order valence-corrected chi connectivity index (χ0v) is 9.63. The maximum atomic E-state index is 11.7. The molecule has 4 heteroatoms. The maximum Gasteiger partial charge on any atom is 0.178 e. The van der Waals surface area contributed by atoms with Gasteiger partial charge in [-0.2, -0.15) is 0 Å². The summed E-state index contributed by atoms with van der Waals surface area (Å²) in [5.41, 5.74) is 0.516. The molecule has 3 nitrogen and oxygen atoms in total. The van der Waals surface area contributed by atoms with Gasteiger partial charge < -0.3 is 5.11 Å². The van der Waals surface area contributed by atoms with E-state index in [4.69, 9.17) is 0 Å². The molecule has 0 bridgehead atoms. The normalized spacial score (nSPS) is 18.9. The van der Waals surface area contributed by atoms with Gasteiger partial charge in [0.1, 0.15) is 0 Å². The van der Waals surface area contributed by atoms with Gasteiger partial charge in [0.2, 0.25) is 0 Å². The molecule has 1 heterocycles. The zero-order chi connectivity index (χ0) is 11.3. The van der Waals surface area contributed by atoms with Crippen LogP contribution in [0.15, 0.2) is 23.1 Å². The van der Waals surface area contributed by atoms with E-state index >= 15 is 0 Å². The van der Waals surface area contributed by atoms with Crippen molar-refractivity contribution in [2.45, 2.75) is 30.8 Å². The molecule has 0 radical (unpaired) electrons. The molecule has 82 valence electrons. The number of aryl methyl sites for hydroxylation is 1. The van der Waals surface area contributed by atoms with Gasteiger partial charge in [-0.25, -0.2) is 8.42 Å². The highest BCUT2D eigenvalue weighted by Gasteiger charge is 2.28. The summed E-state index contributed by atoms with van der Waals surface area (Å²) in [6.45, 7) is 3.30. The van der Waals surface area contributed by atoms with Crippen molar-refractivity contribution in [2.75, 3.05) is 5.75 Å². The first-order chi connectivity index (χ1) is 6.81. The topological polar surface area (TPSA) is 54.4 Å². The Labute approximate surface area is 89.7 Å². The monoisotopic (exact) mass is 226 g/mol. The van der Waals surface area contributed by atoms with Gasteiger partial charge in [-0.3, -0.25) is 0 Å². The van der Waals surface area contributed by atoms with Gasteiger partial charge in [-0.15, -0.1) is 0 Å². The van der Waals surface area contributed by atoms with E-state index in [9.17, 15) is 13.5 Å². The van der Waals surface area contributed by atoms with Gasteiger partial charge >= 0.3 is 0 Å². The molecule has 1 N–H and O–H groups in total. The van der Waals surface area contributed by atoms with Crippen LogP contribution in [0.4, 0.5) is 0 Å². The lowest BCUT2D eigenvalue weighted by Crippen LogP contribution is -2.16. The van der Waals surface area contributed by atoms with E-state index < -0.39 is 15.4 Å². The fraction of sp³-hybridized carbons (Fsp3) is 0.455. The average Bonchev–Trinajstić information content (AvgIpc) is 2.41. The fourth-order valence-corrected chi connectivity index (χ4v) is 3.37. The first-order valence-electron chi connectivity index (χ1n) is 4.89. The molecular weight excluding hydrogens is 212 g/mol. The SMILES string of the molecule is CC(C)(O)c1ccc2c(c1)S(=O)(=O)CC2. The van der Waals surface area contributed by atoms with Crippen molar-refractivity contribution in [3.8, 4) is 0 Å². The molecule has 15 heavy (non-hydrogen) atoms. The molecule has 1 aliphatic rings. The van der Waals surface area contributed by atoms with Gasteiger partial charge in [0.05, 0.1) is 16.2 Å². The lowest BCUT2D eigenvalue weighted by atomic mass is 9.97. The third kappa shape index (κ3) is 1.79. The van der Waals surface area contributed by atoms with Gasteiger partial charge in [0.15, 0.2) is 9.84 Å². The van der Waals surface area contributed by atoms with Gasteiger partial charge in [0.25, 0.3) is 0 Å². The van der Waals surface area contributed by atoms with Crippen molar-refractivity contribution in [1.82, 2.24) is 0 Å². The summed E-state index contributed by atoms with van der Waals surface area (Å²) >= 11 is 0. The van der Waals surface area contributed by atoms with Gasteiger partial charge in [-0.1, -0.05) is 12.1 Å². The Morgan fingerprint density at radius 2 is 2.00 bits per heavy atom. The van der Waals surface area contributed by atoms with Crippen molar-refractivity contribution in [3.05, 3.63) is 29.3 Å². The number of hydrogen-bond acceptors (Lipinski definition) is 3. The molecule has 1 aliphatic heterocycles. The molecule has 0 saturated heterocycles. The zero-order valence-electron chi connectivity index (χ0n) is 8.82. The molecule has 0 atom stereocenters. The fourth-order valence-electron chi connectivity index (χ4n) is 1.79. The van der Waals surface area contributed by atoms with E-state index in [1.165, 1.54) is 0 Å². The molecule has 0 fully saturated rings. The predicted molar refractivity (Wildman–Crippen MR) is 57.4 cm³/mol. The van der Waals surface area contributed by atoms with Gasteiger partial charge in [-0.05, 0) is 37.5 Å². The van der Waals surface area contributed by atoms with Crippen LogP contribution in [0.25, 0.3) is 0 Å². The molecule has 2 rings (SSSR count). The summed E-state index contributed by atoms with van der Waals surface area (Å²) in [5.74, 6) is 0.192. The number of sulfone groups is 1. The first-order valence-corrected chi connectivity index (χ1v) is 6.54. The smallest absolute Gasteiger partial charge is 0.178 e. The quantitative estimate of drug-likeness (QED) is 0.784. The Bertz CT molecular complexity index is 495. The second-order valence-electron chi connectivity index (χ2n) is 4.45. The Morgan fingerprint density at radius 3 is 2.60 bits per heavy atom. The van der Waals surface area contributed by atoms with Crippen LogP contribution in [0, 0.1) is 0 Å². The van der Waals surface area contributed by atoms with E-state index in [-0.39, 0.29) is 5.75 Å². The molecule has 0 aromatic heterocycles. The van der Waals surface area contributed by atoms with E-state index in [1.807, 2.05) is 0 Å². The third-order valence-corrected chi connectivity index (χ3v) is 4.54. The summed E-state index contributed by atoms with van der Waals surface area (Å²) in [6.07, 6.45) is 0.587. The van der Waals surface area contributed by atoms with Crippen LogP contribution in [0.5, 0.6) is 0 Å². The number of fused-ring (bicyclic) bond motifs is 1. The summed E-state index contributed by atoms with van der Waals surface area (Å²) in [7, 11) is -3.10. The Kier molecular flexibility index (Phi) is 2.17. The van der Waals surface area contributed by atoms with Crippen molar-refractivity contribution >= 4 is 9.84 Å². The van der Waals surface area contributed by atoms with Crippen LogP contribution in [0.2, 0.25) is 0 Å². The first kappa shape index (κ1) is 10.6. The highest BCUT2D eigenvalue weighted by atomic mass is 32.2. The Morgan fingerprint density at radius 1 is 1.33 bits per heavy atom. The molecule has 1 aromatic carbocycles. The summed E-state index contributed by atoms with van der Waals surface area (Å²) in [4.78, 5) is 0.391. The van der Waals surface area contributed by atoms with E-state index in [0.29, 0.717) is 16.9 Å². The van der Waals surface area contributed by atoms with Crippen LogP contribution in [0.3, 0.4) is 0 Å². The maximum absolute atomic E-state index is 11.7. The molecule has 0 spiro atoms.